The maximum absolute atomic E-state index is 13.9. The number of carbonyl (C=O) groups is 2. The minimum atomic E-state index is -1.08. The van der Waals surface area contributed by atoms with Gasteiger partial charge in [0.1, 0.15) is 0 Å². The Hall–Kier alpha value is -3.01. The number of halogens is 1. The number of rotatable bonds is 5. The van der Waals surface area contributed by atoms with Crippen molar-refractivity contribution < 1.29 is 14.3 Å². The molecule has 1 spiro atoms. The number of thioether (sulfide) groups is 2. The molecule has 3 aromatic carbocycles. The van der Waals surface area contributed by atoms with E-state index < -0.39 is 10.3 Å². The van der Waals surface area contributed by atoms with Gasteiger partial charge in [-0.05, 0) is 66.7 Å². The standard InChI is InChI=1S/C26H20BrN3O3S2/c1-2-33-25(32)23-28-30(21-11-7-4-8-12-21)26(35-23)29(20-9-5-3-6-10-20)24(31)22(34-26)17-18-13-15-19(27)16-14-18/h3-17H,2H2,1H3. The number of esters is 1. The molecule has 0 N–H and O–H groups in total. The fourth-order valence-corrected chi connectivity index (χ4v) is 6.88. The molecule has 2 heterocycles. The summed E-state index contributed by atoms with van der Waals surface area (Å²) in [5.41, 5.74) is 2.36. The normalized spacial score (nSPS) is 20.6. The minimum Gasteiger partial charge on any atom is -0.461 e. The van der Waals surface area contributed by atoms with Crippen molar-refractivity contribution >= 4 is 73.8 Å². The molecule has 0 aliphatic carbocycles. The van der Waals surface area contributed by atoms with Crippen molar-refractivity contribution in [1.82, 2.24) is 0 Å². The highest BCUT2D eigenvalue weighted by Gasteiger charge is 2.60. The second-order valence-corrected chi connectivity index (χ2v) is 11.1. The maximum atomic E-state index is 13.9. The van der Waals surface area contributed by atoms with Crippen molar-refractivity contribution in [3.8, 4) is 0 Å². The highest BCUT2D eigenvalue weighted by molar-refractivity contribution is 9.10. The van der Waals surface area contributed by atoms with Crippen LogP contribution in [0.5, 0.6) is 0 Å². The predicted molar refractivity (Wildman–Crippen MR) is 147 cm³/mol. The molecule has 3 aromatic rings. The van der Waals surface area contributed by atoms with E-state index >= 15 is 0 Å². The molecule has 1 amide bonds. The molecule has 1 unspecified atom stereocenters. The van der Waals surface area contributed by atoms with Crippen LogP contribution in [0.3, 0.4) is 0 Å². The summed E-state index contributed by atoms with van der Waals surface area (Å²) in [6.07, 6.45) is 1.87. The van der Waals surface area contributed by atoms with Crippen molar-refractivity contribution in [2.45, 2.75) is 11.3 Å². The Morgan fingerprint density at radius 2 is 1.60 bits per heavy atom. The van der Waals surface area contributed by atoms with Gasteiger partial charge in [0.15, 0.2) is 0 Å². The second-order valence-electron chi connectivity index (χ2n) is 7.56. The number of benzene rings is 3. The maximum Gasteiger partial charge on any atom is 0.365 e. The number of amides is 1. The van der Waals surface area contributed by atoms with Gasteiger partial charge in [0.25, 0.3) is 5.91 Å². The van der Waals surface area contributed by atoms with Crippen LogP contribution in [-0.4, -0.2) is 27.9 Å². The average Bonchev–Trinajstić information content (AvgIpc) is 3.39. The van der Waals surface area contributed by atoms with Crippen LogP contribution in [0.2, 0.25) is 0 Å². The highest BCUT2D eigenvalue weighted by Crippen LogP contribution is 2.59. The van der Waals surface area contributed by atoms with Gasteiger partial charge in [0.05, 0.1) is 17.2 Å². The molecule has 35 heavy (non-hydrogen) atoms. The third-order valence-corrected chi connectivity index (χ3v) is 8.49. The number of anilines is 2. The molecular formula is C26H20BrN3O3S2. The van der Waals surface area contributed by atoms with Gasteiger partial charge in [0, 0.05) is 10.2 Å². The van der Waals surface area contributed by atoms with Crippen LogP contribution in [0, 0.1) is 0 Å². The van der Waals surface area contributed by atoms with Crippen LogP contribution >= 0.6 is 39.5 Å². The lowest BCUT2D eigenvalue weighted by atomic mass is 10.2. The first-order valence-corrected chi connectivity index (χ1v) is 13.3. The molecule has 2 aliphatic rings. The van der Waals surface area contributed by atoms with Gasteiger partial charge in [-0.1, -0.05) is 76.2 Å². The van der Waals surface area contributed by atoms with Crippen molar-refractivity contribution in [2.24, 2.45) is 5.10 Å². The van der Waals surface area contributed by atoms with E-state index in [2.05, 4.69) is 21.0 Å². The smallest absolute Gasteiger partial charge is 0.365 e. The van der Waals surface area contributed by atoms with Crippen LogP contribution in [-0.2, 0) is 14.3 Å². The summed E-state index contributed by atoms with van der Waals surface area (Å²) in [4.78, 5) is 28.9. The number of para-hydroxylation sites is 2. The van der Waals surface area contributed by atoms with Crippen LogP contribution < -0.4 is 9.91 Å². The van der Waals surface area contributed by atoms with E-state index in [0.29, 0.717) is 10.6 Å². The van der Waals surface area contributed by atoms with E-state index in [-0.39, 0.29) is 17.6 Å². The Labute approximate surface area is 220 Å². The monoisotopic (exact) mass is 565 g/mol. The fourth-order valence-electron chi connectivity index (χ4n) is 3.74. The van der Waals surface area contributed by atoms with E-state index in [0.717, 1.165) is 15.7 Å². The molecule has 0 radical (unpaired) electrons. The van der Waals surface area contributed by atoms with Gasteiger partial charge in [-0.25, -0.2) is 9.80 Å². The molecule has 0 aromatic heterocycles. The summed E-state index contributed by atoms with van der Waals surface area (Å²) < 4.78 is 5.14. The van der Waals surface area contributed by atoms with E-state index in [1.807, 2.05) is 91.0 Å². The molecular weight excluding hydrogens is 546 g/mol. The van der Waals surface area contributed by atoms with Crippen molar-refractivity contribution in [1.29, 1.82) is 0 Å². The summed E-state index contributed by atoms with van der Waals surface area (Å²) in [5, 5.41) is 6.60. The Morgan fingerprint density at radius 1 is 0.971 bits per heavy atom. The Bertz CT molecular complexity index is 1320. The first kappa shape index (κ1) is 23.7. The average molecular weight is 567 g/mol. The van der Waals surface area contributed by atoms with E-state index in [4.69, 9.17) is 4.74 Å². The predicted octanol–water partition coefficient (Wildman–Crippen LogP) is 6.31. The van der Waals surface area contributed by atoms with Crippen molar-refractivity contribution in [2.75, 3.05) is 16.5 Å². The third kappa shape index (κ3) is 4.51. The lowest BCUT2D eigenvalue weighted by Crippen LogP contribution is -2.51. The lowest BCUT2D eigenvalue weighted by molar-refractivity contribution is -0.134. The molecule has 0 bridgehead atoms. The number of hydrogen-bond acceptors (Lipinski definition) is 7. The first-order chi connectivity index (χ1) is 17.0. The molecule has 1 fully saturated rings. The van der Waals surface area contributed by atoms with Crippen molar-refractivity contribution in [3.63, 3.8) is 0 Å². The van der Waals surface area contributed by atoms with Gasteiger partial charge >= 0.3 is 5.97 Å². The topological polar surface area (TPSA) is 62.2 Å². The lowest BCUT2D eigenvalue weighted by Gasteiger charge is -2.38. The molecule has 9 heteroatoms. The third-order valence-electron chi connectivity index (χ3n) is 5.26. The van der Waals surface area contributed by atoms with Gasteiger partial charge in [0.2, 0.25) is 9.37 Å². The SMILES string of the molecule is CCOC(=O)C1=NN(c2ccccc2)C2(SC(=Cc3ccc(Br)cc3)C(=O)N2c2ccccc2)S1. The molecule has 2 aliphatic heterocycles. The molecule has 1 atom stereocenters. The first-order valence-electron chi connectivity index (χ1n) is 10.9. The quantitative estimate of drug-likeness (QED) is 0.267. The fraction of sp³-hybridized carbons (Fsp3) is 0.115. The molecule has 176 valence electrons. The highest BCUT2D eigenvalue weighted by atomic mass is 79.9. The zero-order valence-electron chi connectivity index (χ0n) is 18.6. The van der Waals surface area contributed by atoms with Crippen LogP contribution in [0.1, 0.15) is 12.5 Å². The number of ether oxygens (including phenoxy) is 1. The summed E-state index contributed by atoms with van der Waals surface area (Å²) in [7, 11) is 0. The Kier molecular flexibility index (Phi) is 6.73. The molecule has 5 rings (SSSR count). The summed E-state index contributed by atoms with van der Waals surface area (Å²) >= 11 is 6.04. The number of hydrogen-bond donors (Lipinski definition) is 0. The van der Waals surface area contributed by atoms with Crippen LogP contribution in [0.25, 0.3) is 6.08 Å². The van der Waals surface area contributed by atoms with E-state index in [9.17, 15) is 9.59 Å². The number of hydrazone groups is 1. The van der Waals surface area contributed by atoms with Gasteiger partial charge in [-0.15, -0.1) is 0 Å². The molecule has 1 saturated heterocycles. The van der Waals surface area contributed by atoms with Gasteiger partial charge < -0.3 is 4.74 Å². The summed E-state index contributed by atoms with van der Waals surface area (Å²) in [5.74, 6) is -0.681. The zero-order valence-corrected chi connectivity index (χ0v) is 21.8. The van der Waals surface area contributed by atoms with Crippen LogP contribution in [0.4, 0.5) is 11.4 Å². The van der Waals surface area contributed by atoms with Crippen molar-refractivity contribution in [3.05, 3.63) is 99.9 Å². The minimum absolute atomic E-state index is 0.169. The largest absolute Gasteiger partial charge is 0.461 e. The van der Waals surface area contributed by atoms with E-state index in [1.54, 1.807) is 16.8 Å². The Morgan fingerprint density at radius 3 is 2.23 bits per heavy atom. The summed E-state index contributed by atoms with van der Waals surface area (Å²) in [6, 6.07) is 26.7. The van der Waals surface area contributed by atoms with Gasteiger partial charge in [-0.2, -0.15) is 5.10 Å². The summed E-state index contributed by atoms with van der Waals surface area (Å²) in [6.45, 7) is 1.99. The van der Waals surface area contributed by atoms with Crippen LogP contribution in [0.15, 0.2) is 99.4 Å². The molecule has 0 saturated carbocycles. The van der Waals surface area contributed by atoms with Gasteiger partial charge in [-0.3, -0.25) is 9.69 Å². The molecule has 6 nitrogen and oxygen atoms in total. The zero-order chi connectivity index (χ0) is 24.4. The number of carbonyl (C=O) groups excluding carboxylic acids is 2. The number of nitrogens with zero attached hydrogens (tertiary/aromatic N) is 3. The second kappa shape index (κ2) is 9.93. The Balaban J connectivity index is 1.66. The van der Waals surface area contributed by atoms with E-state index in [1.165, 1.54) is 23.5 Å².